The fraction of sp³-hybridized carbons (Fsp3) is 0.500. The van der Waals surface area contributed by atoms with Crippen molar-refractivity contribution in [3.05, 3.63) is 33.5 Å². The molecule has 2 aliphatic rings. The summed E-state index contributed by atoms with van der Waals surface area (Å²) in [5.74, 6) is 0.599. The normalized spacial score (nSPS) is 19.0. The van der Waals surface area contributed by atoms with Crippen LogP contribution in [0.4, 0.5) is 0 Å². The SMILES string of the molecule is Cl.NC1(c2noc(-c3cc4c([nH]c3=O)CCCC4=O)n2)CCCC1. The average Bonchev–Trinajstić information content (AvgIpc) is 3.17. The third-order valence-electron chi connectivity index (χ3n) is 4.85. The molecule has 0 spiro atoms. The number of aromatic amines is 1. The second kappa shape index (κ2) is 6.14. The Bertz CT molecular complexity index is 836. The Balaban J connectivity index is 0.00000169. The first kappa shape index (κ1) is 16.9. The molecule has 24 heavy (non-hydrogen) atoms. The van der Waals surface area contributed by atoms with Gasteiger partial charge in [-0.05, 0) is 31.7 Å². The number of H-pyrrole nitrogens is 1. The molecule has 0 unspecified atom stereocenters. The van der Waals surface area contributed by atoms with Crippen molar-refractivity contribution in [3.8, 4) is 11.5 Å². The fourth-order valence-corrected chi connectivity index (χ4v) is 3.50. The highest BCUT2D eigenvalue weighted by Gasteiger charge is 2.36. The predicted octanol–water partition coefficient (Wildman–Crippen LogP) is 2.09. The number of aryl methyl sites for hydroxylation is 1. The standard InChI is InChI=1S/C16H18N4O3.ClH/c17-16(6-1-2-7-16)15-19-14(23-20-15)10-8-9-11(18-13(10)22)4-3-5-12(9)21;/h8H,1-7,17H2,(H,18,22);1H. The van der Waals surface area contributed by atoms with Crippen molar-refractivity contribution in [1.29, 1.82) is 0 Å². The van der Waals surface area contributed by atoms with Gasteiger partial charge in [-0.25, -0.2) is 0 Å². The number of ketones is 1. The molecule has 0 saturated heterocycles. The summed E-state index contributed by atoms with van der Waals surface area (Å²) in [6.45, 7) is 0. The number of Topliss-reactive ketones (excluding diaryl/α,β-unsaturated/α-hetero) is 1. The summed E-state index contributed by atoms with van der Waals surface area (Å²) in [6, 6.07) is 1.57. The van der Waals surface area contributed by atoms with Crippen molar-refractivity contribution in [2.45, 2.75) is 50.5 Å². The lowest BCUT2D eigenvalue weighted by molar-refractivity contribution is 0.0971. The van der Waals surface area contributed by atoms with Crippen LogP contribution in [0, 0.1) is 0 Å². The number of hydrogen-bond acceptors (Lipinski definition) is 6. The Morgan fingerprint density at radius 2 is 1.88 bits per heavy atom. The zero-order valence-electron chi connectivity index (χ0n) is 13.1. The van der Waals surface area contributed by atoms with Crippen molar-refractivity contribution >= 4 is 18.2 Å². The molecule has 2 aromatic rings. The zero-order valence-corrected chi connectivity index (χ0v) is 13.9. The molecule has 2 heterocycles. The number of fused-ring (bicyclic) bond motifs is 1. The van der Waals surface area contributed by atoms with Crippen LogP contribution in [0.2, 0.25) is 0 Å². The van der Waals surface area contributed by atoms with Gasteiger partial charge in [0, 0.05) is 17.7 Å². The van der Waals surface area contributed by atoms with E-state index in [9.17, 15) is 9.59 Å². The molecule has 8 heteroatoms. The summed E-state index contributed by atoms with van der Waals surface area (Å²) < 4.78 is 5.26. The molecule has 2 aliphatic carbocycles. The van der Waals surface area contributed by atoms with Crippen LogP contribution in [0.3, 0.4) is 0 Å². The van der Waals surface area contributed by atoms with Gasteiger partial charge in [-0.3, -0.25) is 9.59 Å². The van der Waals surface area contributed by atoms with Gasteiger partial charge in [0.1, 0.15) is 5.56 Å². The van der Waals surface area contributed by atoms with E-state index in [1.807, 2.05) is 0 Å². The monoisotopic (exact) mass is 350 g/mol. The van der Waals surface area contributed by atoms with Gasteiger partial charge in [0.05, 0.1) is 5.54 Å². The predicted molar refractivity (Wildman–Crippen MR) is 89.2 cm³/mol. The minimum atomic E-state index is -0.571. The lowest BCUT2D eigenvalue weighted by Gasteiger charge is -2.17. The van der Waals surface area contributed by atoms with Crippen LogP contribution in [-0.4, -0.2) is 20.9 Å². The number of rotatable bonds is 2. The topological polar surface area (TPSA) is 115 Å². The molecule has 0 aliphatic heterocycles. The highest BCUT2D eigenvalue weighted by molar-refractivity contribution is 5.98. The first-order chi connectivity index (χ1) is 11.1. The Hall–Kier alpha value is -1.99. The highest BCUT2D eigenvalue weighted by Crippen LogP contribution is 2.35. The Kier molecular flexibility index (Phi) is 4.31. The smallest absolute Gasteiger partial charge is 0.263 e. The van der Waals surface area contributed by atoms with Gasteiger partial charge in [0.2, 0.25) is 0 Å². The Labute approximate surface area is 144 Å². The Morgan fingerprint density at radius 3 is 2.62 bits per heavy atom. The van der Waals surface area contributed by atoms with E-state index in [0.717, 1.165) is 32.1 Å². The summed E-state index contributed by atoms with van der Waals surface area (Å²) in [4.78, 5) is 31.4. The van der Waals surface area contributed by atoms with Gasteiger partial charge in [-0.1, -0.05) is 18.0 Å². The number of carbonyl (C=O) groups is 1. The molecule has 4 rings (SSSR count). The van der Waals surface area contributed by atoms with E-state index in [-0.39, 0.29) is 35.2 Å². The molecule has 0 aromatic carbocycles. The van der Waals surface area contributed by atoms with Crippen LogP contribution in [-0.2, 0) is 12.0 Å². The molecule has 1 saturated carbocycles. The van der Waals surface area contributed by atoms with Crippen LogP contribution in [0.15, 0.2) is 15.4 Å². The van der Waals surface area contributed by atoms with Crippen LogP contribution in [0.5, 0.6) is 0 Å². The minimum Gasteiger partial charge on any atom is -0.334 e. The average molecular weight is 351 g/mol. The van der Waals surface area contributed by atoms with E-state index in [2.05, 4.69) is 15.1 Å². The molecule has 1 fully saturated rings. The molecular weight excluding hydrogens is 332 g/mol. The van der Waals surface area contributed by atoms with E-state index in [1.54, 1.807) is 6.07 Å². The molecule has 128 valence electrons. The quantitative estimate of drug-likeness (QED) is 0.856. The third kappa shape index (κ3) is 2.67. The molecule has 0 radical (unpaired) electrons. The number of halogens is 1. The largest absolute Gasteiger partial charge is 0.334 e. The molecule has 7 nitrogen and oxygen atoms in total. The van der Waals surface area contributed by atoms with E-state index in [1.165, 1.54) is 0 Å². The molecule has 0 atom stereocenters. The lowest BCUT2D eigenvalue weighted by atomic mass is 9.94. The maximum Gasteiger partial charge on any atom is 0.263 e. The van der Waals surface area contributed by atoms with E-state index < -0.39 is 5.54 Å². The van der Waals surface area contributed by atoms with Crippen LogP contribution >= 0.6 is 12.4 Å². The number of aromatic nitrogens is 3. The number of nitrogens with two attached hydrogens (primary N) is 1. The van der Waals surface area contributed by atoms with Gasteiger partial charge in [-0.2, -0.15) is 4.98 Å². The maximum absolute atomic E-state index is 12.3. The number of hydrogen-bond donors (Lipinski definition) is 2. The molecule has 0 bridgehead atoms. The van der Waals surface area contributed by atoms with E-state index >= 15 is 0 Å². The van der Waals surface area contributed by atoms with Crippen LogP contribution in [0.1, 0.15) is 60.4 Å². The van der Waals surface area contributed by atoms with Gasteiger partial charge >= 0.3 is 0 Å². The van der Waals surface area contributed by atoms with Crippen molar-refractivity contribution in [2.24, 2.45) is 5.73 Å². The molecular formula is C16H19ClN4O3. The number of nitrogens with zero attached hydrogens (tertiary/aromatic N) is 2. The van der Waals surface area contributed by atoms with Crippen LogP contribution < -0.4 is 11.3 Å². The molecule has 0 amide bonds. The van der Waals surface area contributed by atoms with Crippen molar-refractivity contribution < 1.29 is 9.32 Å². The minimum absolute atomic E-state index is 0. The number of pyridine rings is 1. The van der Waals surface area contributed by atoms with Crippen molar-refractivity contribution in [3.63, 3.8) is 0 Å². The van der Waals surface area contributed by atoms with E-state index in [4.69, 9.17) is 10.3 Å². The molecule has 3 N–H and O–H groups in total. The van der Waals surface area contributed by atoms with Gasteiger partial charge < -0.3 is 15.2 Å². The summed E-state index contributed by atoms with van der Waals surface area (Å²) in [5, 5.41) is 3.97. The third-order valence-corrected chi connectivity index (χ3v) is 4.85. The van der Waals surface area contributed by atoms with Crippen molar-refractivity contribution in [1.82, 2.24) is 15.1 Å². The van der Waals surface area contributed by atoms with Gasteiger partial charge in [-0.15, -0.1) is 12.4 Å². The first-order valence-electron chi connectivity index (χ1n) is 8.00. The summed E-state index contributed by atoms with van der Waals surface area (Å²) >= 11 is 0. The summed E-state index contributed by atoms with van der Waals surface area (Å²) in [6.07, 6.45) is 5.66. The second-order valence-corrected chi connectivity index (χ2v) is 6.47. The summed E-state index contributed by atoms with van der Waals surface area (Å²) in [7, 11) is 0. The fourth-order valence-electron chi connectivity index (χ4n) is 3.50. The highest BCUT2D eigenvalue weighted by atomic mass is 35.5. The van der Waals surface area contributed by atoms with Crippen LogP contribution in [0.25, 0.3) is 11.5 Å². The van der Waals surface area contributed by atoms with Gasteiger partial charge in [0.15, 0.2) is 11.6 Å². The first-order valence-corrected chi connectivity index (χ1v) is 8.00. The maximum atomic E-state index is 12.3. The summed E-state index contributed by atoms with van der Waals surface area (Å²) in [5.41, 5.74) is 6.91. The van der Waals surface area contributed by atoms with Gasteiger partial charge in [0.25, 0.3) is 11.4 Å². The Morgan fingerprint density at radius 1 is 1.12 bits per heavy atom. The number of carbonyl (C=O) groups excluding carboxylic acids is 1. The van der Waals surface area contributed by atoms with Crippen molar-refractivity contribution in [2.75, 3.05) is 0 Å². The molecule has 2 aromatic heterocycles. The lowest BCUT2D eigenvalue weighted by Crippen LogP contribution is -2.34. The number of nitrogens with one attached hydrogen (secondary N) is 1. The zero-order chi connectivity index (χ0) is 16.0. The second-order valence-electron chi connectivity index (χ2n) is 6.47. The van der Waals surface area contributed by atoms with E-state index in [0.29, 0.717) is 29.9 Å².